The summed E-state index contributed by atoms with van der Waals surface area (Å²) < 4.78 is 5.19. The minimum atomic E-state index is 0.668. The molecule has 0 aliphatic rings. The maximum absolute atomic E-state index is 5.93. The van der Waals surface area contributed by atoms with Crippen LogP contribution in [0.1, 0.15) is 26.3 Å². The largest absolute Gasteiger partial charge is 0.497 e. The predicted octanol–water partition coefficient (Wildman–Crippen LogP) is 2.66. The van der Waals surface area contributed by atoms with Crippen molar-refractivity contribution >= 4 is 5.69 Å². The smallest absolute Gasteiger partial charge is 0.119 e. The highest BCUT2D eigenvalue weighted by atomic mass is 16.5. The van der Waals surface area contributed by atoms with Crippen molar-refractivity contribution in [3.05, 3.63) is 23.8 Å². The molecule has 1 aromatic carbocycles. The molecule has 0 saturated carbocycles. The molecule has 1 rings (SSSR count). The van der Waals surface area contributed by atoms with E-state index in [1.54, 1.807) is 7.11 Å². The molecule has 17 heavy (non-hydrogen) atoms. The van der Waals surface area contributed by atoms with E-state index in [9.17, 15) is 0 Å². The third-order valence-electron chi connectivity index (χ3n) is 3.27. The lowest BCUT2D eigenvalue weighted by molar-refractivity contribution is 0.392. The Kier molecular flexibility index (Phi) is 5.29. The lowest BCUT2D eigenvalue weighted by atomic mass is 9.98. The van der Waals surface area contributed by atoms with E-state index < -0.39 is 0 Å². The van der Waals surface area contributed by atoms with Crippen LogP contribution < -0.4 is 15.8 Å². The van der Waals surface area contributed by atoms with Gasteiger partial charge in [-0.05, 0) is 42.1 Å². The topological polar surface area (TPSA) is 47.3 Å². The Labute approximate surface area is 104 Å². The van der Waals surface area contributed by atoms with Gasteiger partial charge in [-0.1, -0.05) is 20.8 Å². The van der Waals surface area contributed by atoms with Crippen LogP contribution in [-0.2, 0) is 6.54 Å². The Morgan fingerprint density at radius 3 is 2.59 bits per heavy atom. The number of rotatable bonds is 6. The highest BCUT2D eigenvalue weighted by molar-refractivity contribution is 5.50. The van der Waals surface area contributed by atoms with E-state index in [0.717, 1.165) is 30.1 Å². The van der Waals surface area contributed by atoms with Crippen molar-refractivity contribution in [2.75, 3.05) is 19.4 Å². The molecule has 3 nitrogen and oxygen atoms in total. The van der Waals surface area contributed by atoms with Crippen molar-refractivity contribution in [2.24, 2.45) is 11.8 Å². The van der Waals surface area contributed by atoms with Gasteiger partial charge < -0.3 is 15.8 Å². The second-order valence-corrected chi connectivity index (χ2v) is 4.92. The molecule has 1 aromatic rings. The molecule has 3 heteroatoms. The summed E-state index contributed by atoms with van der Waals surface area (Å²) in [7, 11) is 1.67. The fourth-order valence-corrected chi connectivity index (χ4v) is 1.53. The summed E-state index contributed by atoms with van der Waals surface area (Å²) in [5.74, 6) is 2.22. The highest BCUT2D eigenvalue weighted by Gasteiger charge is 2.07. The van der Waals surface area contributed by atoms with Gasteiger partial charge in [0.05, 0.1) is 7.11 Å². The lowest BCUT2D eigenvalue weighted by Gasteiger charge is -2.16. The Morgan fingerprint density at radius 2 is 2.00 bits per heavy atom. The summed E-state index contributed by atoms with van der Waals surface area (Å²) in [6.45, 7) is 8.54. The molecule has 0 saturated heterocycles. The number of nitrogens with two attached hydrogens (primary N) is 1. The van der Waals surface area contributed by atoms with Gasteiger partial charge in [0.2, 0.25) is 0 Å². The molecule has 1 unspecified atom stereocenters. The van der Waals surface area contributed by atoms with Crippen LogP contribution in [0, 0.1) is 11.8 Å². The van der Waals surface area contributed by atoms with Crippen molar-refractivity contribution < 1.29 is 4.74 Å². The fourth-order valence-electron chi connectivity index (χ4n) is 1.53. The number of hydrogen-bond donors (Lipinski definition) is 2. The summed E-state index contributed by atoms with van der Waals surface area (Å²) >= 11 is 0. The van der Waals surface area contributed by atoms with E-state index >= 15 is 0 Å². The van der Waals surface area contributed by atoms with Gasteiger partial charge in [-0.15, -0.1) is 0 Å². The Hall–Kier alpha value is -1.22. The third-order valence-corrected chi connectivity index (χ3v) is 3.27. The van der Waals surface area contributed by atoms with Crippen LogP contribution in [-0.4, -0.2) is 13.7 Å². The Morgan fingerprint density at radius 1 is 1.29 bits per heavy atom. The zero-order chi connectivity index (χ0) is 12.8. The van der Waals surface area contributed by atoms with E-state index in [2.05, 4.69) is 26.1 Å². The predicted molar refractivity (Wildman–Crippen MR) is 73.1 cm³/mol. The van der Waals surface area contributed by atoms with E-state index in [4.69, 9.17) is 10.5 Å². The van der Waals surface area contributed by atoms with Gasteiger partial charge in [-0.25, -0.2) is 0 Å². The van der Waals surface area contributed by atoms with Crippen LogP contribution in [0.2, 0.25) is 0 Å². The summed E-state index contributed by atoms with van der Waals surface area (Å²) in [6.07, 6.45) is 0. The molecule has 0 heterocycles. The lowest BCUT2D eigenvalue weighted by Crippen LogP contribution is -2.24. The number of ether oxygens (including phenoxy) is 1. The minimum Gasteiger partial charge on any atom is -0.497 e. The Balaban J connectivity index is 2.51. The van der Waals surface area contributed by atoms with Gasteiger partial charge in [0.25, 0.3) is 0 Å². The van der Waals surface area contributed by atoms with Crippen LogP contribution in [0.25, 0.3) is 0 Å². The zero-order valence-electron chi connectivity index (χ0n) is 11.3. The standard InChI is InChI=1S/C14H24N2O/c1-10(2)11(3)8-16-9-12-7-13(17-4)5-6-14(12)15/h5-7,10-11,16H,8-9,15H2,1-4H3. The summed E-state index contributed by atoms with van der Waals surface area (Å²) in [5, 5.41) is 3.44. The number of methoxy groups -OCH3 is 1. The van der Waals surface area contributed by atoms with Gasteiger partial charge >= 0.3 is 0 Å². The molecule has 0 aliphatic carbocycles. The average Bonchev–Trinajstić information content (AvgIpc) is 2.31. The third kappa shape index (κ3) is 4.27. The van der Waals surface area contributed by atoms with Crippen molar-refractivity contribution in [2.45, 2.75) is 27.3 Å². The van der Waals surface area contributed by atoms with Crippen molar-refractivity contribution in [3.8, 4) is 5.75 Å². The molecule has 0 radical (unpaired) electrons. The first-order chi connectivity index (χ1) is 8.04. The molecule has 0 amide bonds. The van der Waals surface area contributed by atoms with E-state index in [1.807, 2.05) is 18.2 Å². The SMILES string of the molecule is COc1ccc(N)c(CNCC(C)C(C)C)c1. The average molecular weight is 236 g/mol. The quantitative estimate of drug-likeness (QED) is 0.746. The normalized spacial score (nSPS) is 12.8. The molecule has 3 N–H and O–H groups in total. The fraction of sp³-hybridized carbons (Fsp3) is 0.571. The van der Waals surface area contributed by atoms with Gasteiger partial charge in [0.1, 0.15) is 5.75 Å². The molecule has 0 bridgehead atoms. The molecule has 0 aliphatic heterocycles. The van der Waals surface area contributed by atoms with E-state index in [-0.39, 0.29) is 0 Å². The molecule has 96 valence electrons. The molecule has 0 aromatic heterocycles. The first kappa shape index (κ1) is 13.8. The van der Waals surface area contributed by atoms with Gasteiger partial charge in [0.15, 0.2) is 0 Å². The monoisotopic (exact) mass is 236 g/mol. The second kappa shape index (κ2) is 6.50. The van der Waals surface area contributed by atoms with Crippen molar-refractivity contribution in [1.29, 1.82) is 0 Å². The number of benzene rings is 1. The Bertz CT molecular complexity index is 350. The number of hydrogen-bond acceptors (Lipinski definition) is 3. The summed E-state index contributed by atoms with van der Waals surface area (Å²) in [4.78, 5) is 0. The maximum Gasteiger partial charge on any atom is 0.119 e. The molecular weight excluding hydrogens is 212 g/mol. The first-order valence-electron chi connectivity index (χ1n) is 6.17. The first-order valence-corrected chi connectivity index (χ1v) is 6.17. The zero-order valence-corrected chi connectivity index (χ0v) is 11.3. The minimum absolute atomic E-state index is 0.668. The number of nitrogens with one attached hydrogen (secondary N) is 1. The summed E-state index contributed by atoms with van der Waals surface area (Å²) in [5.41, 5.74) is 7.84. The molecule has 0 fully saturated rings. The summed E-state index contributed by atoms with van der Waals surface area (Å²) in [6, 6.07) is 5.76. The van der Waals surface area contributed by atoms with Crippen LogP contribution in [0.3, 0.4) is 0 Å². The van der Waals surface area contributed by atoms with Crippen molar-refractivity contribution in [3.63, 3.8) is 0 Å². The highest BCUT2D eigenvalue weighted by Crippen LogP contribution is 2.19. The number of anilines is 1. The maximum atomic E-state index is 5.93. The second-order valence-electron chi connectivity index (χ2n) is 4.92. The van der Waals surface area contributed by atoms with Crippen LogP contribution >= 0.6 is 0 Å². The van der Waals surface area contributed by atoms with Crippen LogP contribution in [0.15, 0.2) is 18.2 Å². The molecular formula is C14H24N2O. The van der Waals surface area contributed by atoms with Crippen molar-refractivity contribution in [1.82, 2.24) is 5.32 Å². The van der Waals surface area contributed by atoms with Gasteiger partial charge in [0, 0.05) is 12.2 Å². The van der Waals surface area contributed by atoms with Crippen LogP contribution in [0.5, 0.6) is 5.75 Å². The molecule has 1 atom stereocenters. The van der Waals surface area contributed by atoms with Gasteiger partial charge in [-0.3, -0.25) is 0 Å². The van der Waals surface area contributed by atoms with E-state index in [1.165, 1.54) is 0 Å². The van der Waals surface area contributed by atoms with Crippen LogP contribution in [0.4, 0.5) is 5.69 Å². The number of nitrogen functional groups attached to an aromatic ring is 1. The molecule has 0 spiro atoms. The van der Waals surface area contributed by atoms with Gasteiger partial charge in [-0.2, -0.15) is 0 Å². The van der Waals surface area contributed by atoms with E-state index in [0.29, 0.717) is 11.8 Å².